The molecule has 122 valence electrons. The van der Waals surface area contributed by atoms with Gasteiger partial charge < -0.3 is 10.2 Å². The fraction of sp³-hybridized carbons (Fsp3) is 0.333. The Labute approximate surface area is 152 Å². The summed E-state index contributed by atoms with van der Waals surface area (Å²) in [6, 6.07) is 11.8. The fourth-order valence-corrected chi connectivity index (χ4v) is 3.58. The van der Waals surface area contributed by atoms with Crippen LogP contribution in [0.3, 0.4) is 0 Å². The van der Waals surface area contributed by atoms with E-state index in [1.165, 1.54) is 19.3 Å². The van der Waals surface area contributed by atoms with E-state index < -0.39 is 0 Å². The lowest BCUT2D eigenvalue weighted by Crippen LogP contribution is -2.29. The molecule has 5 heteroatoms. The highest BCUT2D eigenvalue weighted by atomic mass is 35.5. The second-order valence-corrected chi connectivity index (χ2v) is 6.97. The van der Waals surface area contributed by atoms with Gasteiger partial charge in [-0.2, -0.15) is 0 Å². The van der Waals surface area contributed by atoms with E-state index in [0.717, 1.165) is 35.1 Å². The van der Waals surface area contributed by atoms with Crippen LogP contribution >= 0.6 is 34.8 Å². The average molecular weight is 370 g/mol. The maximum absolute atomic E-state index is 6.47. The van der Waals surface area contributed by atoms with Gasteiger partial charge in [-0.05, 0) is 49.1 Å². The molecule has 2 aromatic rings. The van der Waals surface area contributed by atoms with E-state index in [2.05, 4.69) is 22.3 Å². The molecular formula is C18H19Cl3N2. The van der Waals surface area contributed by atoms with E-state index in [1.54, 1.807) is 6.07 Å². The Morgan fingerprint density at radius 1 is 0.913 bits per heavy atom. The summed E-state index contributed by atoms with van der Waals surface area (Å²) in [6.45, 7) is 2.79. The highest BCUT2D eigenvalue weighted by Gasteiger charge is 2.14. The summed E-state index contributed by atoms with van der Waals surface area (Å²) in [5.41, 5.74) is 3.07. The molecule has 1 fully saturated rings. The van der Waals surface area contributed by atoms with Crippen LogP contribution < -0.4 is 10.2 Å². The summed E-state index contributed by atoms with van der Waals surface area (Å²) in [7, 11) is 0. The highest BCUT2D eigenvalue weighted by molar-refractivity contribution is 6.42. The lowest BCUT2D eigenvalue weighted by Gasteiger charge is -2.29. The number of halogens is 3. The summed E-state index contributed by atoms with van der Waals surface area (Å²) < 4.78 is 0. The third-order valence-corrected chi connectivity index (χ3v) is 5.32. The van der Waals surface area contributed by atoms with Crippen LogP contribution in [-0.2, 0) is 6.54 Å². The van der Waals surface area contributed by atoms with E-state index in [9.17, 15) is 0 Å². The van der Waals surface area contributed by atoms with Crippen molar-refractivity contribution in [3.05, 3.63) is 57.0 Å². The van der Waals surface area contributed by atoms with Crippen molar-refractivity contribution in [1.29, 1.82) is 0 Å². The van der Waals surface area contributed by atoms with Crippen molar-refractivity contribution in [2.45, 2.75) is 25.8 Å². The van der Waals surface area contributed by atoms with Crippen molar-refractivity contribution in [1.82, 2.24) is 0 Å². The Morgan fingerprint density at radius 3 is 2.43 bits per heavy atom. The van der Waals surface area contributed by atoms with E-state index >= 15 is 0 Å². The molecule has 2 aromatic carbocycles. The zero-order valence-corrected chi connectivity index (χ0v) is 15.1. The largest absolute Gasteiger partial charge is 0.381 e. The Hall–Kier alpha value is -1.09. The number of rotatable bonds is 4. The van der Waals surface area contributed by atoms with Crippen LogP contribution in [0.5, 0.6) is 0 Å². The van der Waals surface area contributed by atoms with Gasteiger partial charge in [-0.25, -0.2) is 0 Å². The zero-order valence-electron chi connectivity index (χ0n) is 12.8. The standard InChI is InChI=1S/C18H19Cl3N2/c19-15-6-4-5-13(18(15)21)12-22-14-7-8-17(16(20)11-14)23-9-2-1-3-10-23/h4-8,11,22H,1-3,9-10,12H2. The molecule has 2 nitrogen and oxygen atoms in total. The van der Waals surface area contributed by atoms with Crippen molar-refractivity contribution in [3.63, 3.8) is 0 Å². The van der Waals surface area contributed by atoms with Crippen LogP contribution in [0.25, 0.3) is 0 Å². The molecule has 1 heterocycles. The Morgan fingerprint density at radius 2 is 1.70 bits per heavy atom. The molecule has 0 spiro atoms. The van der Waals surface area contributed by atoms with Gasteiger partial charge in [0, 0.05) is 25.3 Å². The molecule has 0 atom stereocenters. The molecule has 3 rings (SSSR count). The van der Waals surface area contributed by atoms with Crippen LogP contribution in [0.1, 0.15) is 24.8 Å². The van der Waals surface area contributed by atoms with E-state index in [-0.39, 0.29) is 0 Å². The predicted octanol–water partition coefficient (Wildman–Crippen LogP) is 6.25. The molecule has 0 amide bonds. The predicted molar refractivity (Wildman–Crippen MR) is 101 cm³/mol. The molecule has 0 aliphatic carbocycles. The molecule has 0 bridgehead atoms. The molecule has 1 aliphatic rings. The Kier molecular flexibility index (Phi) is 5.58. The zero-order chi connectivity index (χ0) is 16.2. The minimum absolute atomic E-state index is 0.574. The van der Waals surface area contributed by atoms with Gasteiger partial charge in [-0.15, -0.1) is 0 Å². The number of nitrogens with one attached hydrogen (secondary N) is 1. The number of nitrogens with zero attached hydrogens (tertiary/aromatic N) is 1. The van der Waals surface area contributed by atoms with Crippen molar-refractivity contribution >= 4 is 46.2 Å². The van der Waals surface area contributed by atoms with Crippen LogP contribution in [0.15, 0.2) is 36.4 Å². The first kappa shape index (κ1) is 16.8. The lowest BCUT2D eigenvalue weighted by molar-refractivity contribution is 0.578. The summed E-state index contributed by atoms with van der Waals surface area (Å²) >= 11 is 18.7. The van der Waals surface area contributed by atoms with Crippen molar-refractivity contribution in [2.24, 2.45) is 0 Å². The van der Waals surface area contributed by atoms with Crippen LogP contribution in [0, 0.1) is 0 Å². The molecule has 1 N–H and O–H groups in total. The van der Waals surface area contributed by atoms with E-state index in [4.69, 9.17) is 34.8 Å². The monoisotopic (exact) mass is 368 g/mol. The second kappa shape index (κ2) is 7.65. The molecule has 0 radical (unpaired) electrons. The first-order valence-electron chi connectivity index (χ1n) is 7.86. The maximum Gasteiger partial charge on any atom is 0.0660 e. The molecule has 0 aromatic heterocycles. The van der Waals surface area contributed by atoms with Gasteiger partial charge in [-0.1, -0.05) is 46.9 Å². The van der Waals surface area contributed by atoms with E-state index in [1.807, 2.05) is 18.2 Å². The van der Waals surface area contributed by atoms with Gasteiger partial charge >= 0.3 is 0 Å². The average Bonchev–Trinajstić information content (AvgIpc) is 2.57. The van der Waals surface area contributed by atoms with Gasteiger partial charge in [0.15, 0.2) is 0 Å². The summed E-state index contributed by atoms with van der Waals surface area (Å²) in [5, 5.41) is 5.31. The highest BCUT2D eigenvalue weighted by Crippen LogP contribution is 2.31. The Bertz CT molecular complexity index is 682. The molecule has 1 saturated heterocycles. The molecule has 1 aliphatic heterocycles. The number of hydrogen-bond acceptors (Lipinski definition) is 2. The van der Waals surface area contributed by atoms with Gasteiger partial charge in [0.05, 0.1) is 20.8 Å². The second-order valence-electron chi connectivity index (χ2n) is 5.78. The van der Waals surface area contributed by atoms with E-state index in [0.29, 0.717) is 16.6 Å². The minimum atomic E-state index is 0.574. The maximum atomic E-state index is 6.47. The van der Waals surface area contributed by atoms with Crippen LogP contribution in [0.4, 0.5) is 11.4 Å². The first-order chi connectivity index (χ1) is 11.1. The molecular weight excluding hydrogens is 351 g/mol. The summed E-state index contributed by atoms with van der Waals surface area (Å²) in [4.78, 5) is 2.36. The first-order valence-corrected chi connectivity index (χ1v) is 9.00. The van der Waals surface area contributed by atoms with Crippen molar-refractivity contribution in [3.8, 4) is 0 Å². The lowest BCUT2D eigenvalue weighted by atomic mass is 10.1. The normalized spacial score (nSPS) is 14.8. The fourth-order valence-electron chi connectivity index (χ4n) is 2.89. The van der Waals surface area contributed by atoms with Crippen molar-refractivity contribution < 1.29 is 0 Å². The SMILES string of the molecule is Clc1cc(NCc2cccc(Cl)c2Cl)ccc1N1CCCCC1. The van der Waals surface area contributed by atoms with Crippen LogP contribution in [-0.4, -0.2) is 13.1 Å². The molecule has 23 heavy (non-hydrogen) atoms. The smallest absolute Gasteiger partial charge is 0.0660 e. The van der Waals surface area contributed by atoms with Crippen LogP contribution in [0.2, 0.25) is 15.1 Å². The minimum Gasteiger partial charge on any atom is -0.381 e. The number of hydrogen-bond donors (Lipinski definition) is 1. The third kappa shape index (κ3) is 4.06. The number of benzene rings is 2. The van der Waals surface area contributed by atoms with Gasteiger partial charge in [0.25, 0.3) is 0 Å². The van der Waals surface area contributed by atoms with Crippen molar-refractivity contribution in [2.75, 3.05) is 23.3 Å². The third-order valence-electron chi connectivity index (χ3n) is 4.16. The summed E-state index contributed by atoms with van der Waals surface area (Å²) in [5.74, 6) is 0. The Balaban J connectivity index is 1.69. The number of piperidine rings is 1. The quantitative estimate of drug-likeness (QED) is 0.685. The summed E-state index contributed by atoms with van der Waals surface area (Å²) in [6.07, 6.45) is 3.79. The topological polar surface area (TPSA) is 15.3 Å². The number of anilines is 2. The molecule has 0 unspecified atom stereocenters. The van der Waals surface area contributed by atoms with Gasteiger partial charge in [0.1, 0.15) is 0 Å². The molecule has 0 saturated carbocycles. The van der Waals surface area contributed by atoms with Gasteiger partial charge in [-0.3, -0.25) is 0 Å². The van der Waals surface area contributed by atoms with Gasteiger partial charge in [0.2, 0.25) is 0 Å².